The van der Waals surface area contributed by atoms with Gasteiger partial charge in [-0.3, -0.25) is 4.79 Å². The lowest BCUT2D eigenvalue weighted by atomic mass is 10.0. The summed E-state index contributed by atoms with van der Waals surface area (Å²) >= 11 is 0. The van der Waals surface area contributed by atoms with Gasteiger partial charge in [0.05, 0.1) is 0 Å². The molecule has 0 saturated heterocycles. The van der Waals surface area contributed by atoms with Crippen LogP contribution in [0.5, 0.6) is 0 Å². The van der Waals surface area contributed by atoms with Crippen LogP contribution < -0.4 is 5.32 Å². The van der Waals surface area contributed by atoms with E-state index >= 15 is 0 Å². The number of rotatable bonds is 5. The topological polar surface area (TPSA) is 71.4 Å². The summed E-state index contributed by atoms with van der Waals surface area (Å²) in [4.78, 5) is 26.7. The number of carbonyl (C=O) groups is 1. The van der Waals surface area contributed by atoms with Crippen LogP contribution in [0.1, 0.15) is 18.4 Å². The van der Waals surface area contributed by atoms with Crippen LogP contribution in [0.15, 0.2) is 59.9 Å². The molecule has 1 aromatic heterocycles. The molecular formula is C20H17N3O2. The normalized spacial score (nSPS) is 13.6. The number of hydrogen-bond donors (Lipinski definition) is 1. The Morgan fingerprint density at radius 2 is 1.92 bits per heavy atom. The third-order valence-corrected chi connectivity index (χ3v) is 4.43. The minimum absolute atomic E-state index is 0.0593. The average molecular weight is 331 g/mol. The fraction of sp³-hybridized carbons (Fsp3) is 0.200. The minimum atomic E-state index is 0.0593. The summed E-state index contributed by atoms with van der Waals surface area (Å²) in [5.41, 5.74) is 2.98. The number of carbonyl (C=O) groups excluding carboxylic acids is 1. The standard InChI is InChI=1S/C20H17N3O2/c24-20(14-4-5-14)23-19-10-17-7-6-16(9-18(17)12-21-19)15-3-1-2-13(8-15)11-22-25/h1-3,6-10,12,14H,4-5,11H2,(H,21,23,24). The van der Waals surface area contributed by atoms with Crippen LogP contribution in [0.3, 0.4) is 0 Å². The predicted molar refractivity (Wildman–Crippen MR) is 98.0 cm³/mol. The number of nitrogens with one attached hydrogen (secondary N) is 1. The van der Waals surface area contributed by atoms with E-state index in [1.54, 1.807) is 6.20 Å². The molecule has 1 aliphatic carbocycles. The molecule has 0 aliphatic heterocycles. The molecule has 0 atom stereocenters. The molecule has 0 radical (unpaired) electrons. The summed E-state index contributed by atoms with van der Waals surface area (Å²) in [6.07, 6.45) is 3.72. The first-order valence-electron chi connectivity index (χ1n) is 8.32. The van der Waals surface area contributed by atoms with E-state index < -0.39 is 0 Å². The lowest BCUT2D eigenvalue weighted by Crippen LogP contribution is -2.14. The highest BCUT2D eigenvalue weighted by Crippen LogP contribution is 2.30. The van der Waals surface area contributed by atoms with Gasteiger partial charge in [0.25, 0.3) is 0 Å². The minimum Gasteiger partial charge on any atom is -0.310 e. The Labute approximate surface area is 145 Å². The number of hydrogen-bond acceptors (Lipinski definition) is 4. The van der Waals surface area contributed by atoms with E-state index in [0.29, 0.717) is 5.82 Å². The highest BCUT2D eigenvalue weighted by molar-refractivity contribution is 5.95. The Morgan fingerprint density at radius 3 is 2.72 bits per heavy atom. The van der Waals surface area contributed by atoms with Crippen molar-refractivity contribution in [1.29, 1.82) is 0 Å². The van der Waals surface area contributed by atoms with Crippen molar-refractivity contribution in [1.82, 2.24) is 4.98 Å². The van der Waals surface area contributed by atoms with E-state index in [9.17, 15) is 9.70 Å². The quantitative estimate of drug-likeness (QED) is 0.699. The van der Waals surface area contributed by atoms with Gasteiger partial charge in [-0.1, -0.05) is 35.5 Å². The zero-order chi connectivity index (χ0) is 17.2. The Hall–Kier alpha value is -3.08. The maximum absolute atomic E-state index is 11.9. The first-order valence-corrected chi connectivity index (χ1v) is 8.32. The lowest BCUT2D eigenvalue weighted by Gasteiger charge is -2.08. The van der Waals surface area contributed by atoms with Crippen LogP contribution >= 0.6 is 0 Å². The molecule has 1 saturated carbocycles. The van der Waals surface area contributed by atoms with Gasteiger partial charge in [0.15, 0.2) is 0 Å². The number of pyridine rings is 1. The highest BCUT2D eigenvalue weighted by atomic mass is 16.3. The number of fused-ring (bicyclic) bond motifs is 1. The second kappa shape index (κ2) is 6.43. The second-order valence-electron chi connectivity index (χ2n) is 6.38. The SMILES string of the molecule is O=NCc1cccc(-c2ccc3cc(NC(=O)C4CC4)ncc3c2)c1. The molecular weight excluding hydrogens is 314 g/mol. The van der Waals surface area contributed by atoms with Gasteiger partial charge in [0.2, 0.25) is 5.91 Å². The Morgan fingerprint density at radius 1 is 1.08 bits per heavy atom. The molecule has 1 N–H and O–H groups in total. The zero-order valence-corrected chi connectivity index (χ0v) is 13.6. The summed E-state index contributed by atoms with van der Waals surface area (Å²) in [7, 11) is 0. The van der Waals surface area contributed by atoms with Crippen molar-refractivity contribution in [3.63, 3.8) is 0 Å². The highest BCUT2D eigenvalue weighted by Gasteiger charge is 2.29. The fourth-order valence-electron chi connectivity index (χ4n) is 2.89. The Kier molecular flexibility index (Phi) is 3.98. The molecule has 0 unspecified atom stereocenters. The number of benzene rings is 2. The molecule has 124 valence electrons. The molecule has 25 heavy (non-hydrogen) atoms. The molecule has 5 nitrogen and oxygen atoms in total. The monoisotopic (exact) mass is 331 g/mol. The van der Waals surface area contributed by atoms with Crippen molar-refractivity contribution in [3.8, 4) is 11.1 Å². The van der Waals surface area contributed by atoms with Crippen LogP contribution in [0.25, 0.3) is 21.9 Å². The molecule has 3 aromatic rings. The Balaban J connectivity index is 1.62. The van der Waals surface area contributed by atoms with Crippen molar-refractivity contribution in [3.05, 3.63) is 65.2 Å². The summed E-state index contributed by atoms with van der Waals surface area (Å²) in [5, 5.41) is 7.84. The smallest absolute Gasteiger partial charge is 0.228 e. The first kappa shape index (κ1) is 15.4. The zero-order valence-electron chi connectivity index (χ0n) is 13.6. The molecule has 0 bridgehead atoms. The predicted octanol–water partition coefficient (Wildman–Crippen LogP) is 4.52. The molecule has 1 aliphatic rings. The van der Waals surface area contributed by atoms with Gasteiger partial charge in [-0.25, -0.2) is 4.98 Å². The second-order valence-corrected chi connectivity index (χ2v) is 6.38. The maximum atomic E-state index is 11.9. The van der Waals surface area contributed by atoms with Crippen LogP contribution in [0.2, 0.25) is 0 Å². The van der Waals surface area contributed by atoms with Crippen LogP contribution in [0, 0.1) is 10.8 Å². The van der Waals surface area contributed by atoms with E-state index in [1.165, 1.54) is 0 Å². The number of nitrogens with zero attached hydrogens (tertiary/aromatic N) is 2. The maximum Gasteiger partial charge on any atom is 0.228 e. The van der Waals surface area contributed by atoms with Crippen molar-refractivity contribution in [2.45, 2.75) is 19.4 Å². The van der Waals surface area contributed by atoms with E-state index in [-0.39, 0.29) is 18.4 Å². The first-order chi connectivity index (χ1) is 12.2. The number of amides is 1. The van der Waals surface area contributed by atoms with Gasteiger partial charge in [-0.2, -0.15) is 4.91 Å². The average Bonchev–Trinajstić information content (AvgIpc) is 3.47. The largest absolute Gasteiger partial charge is 0.310 e. The number of aromatic nitrogens is 1. The molecule has 1 heterocycles. The fourth-order valence-corrected chi connectivity index (χ4v) is 2.89. The molecule has 0 spiro atoms. The van der Waals surface area contributed by atoms with E-state index in [4.69, 9.17) is 0 Å². The lowest BCUT2D eigenvalue weighted by molar-refractivity contribution is -0.117. The number of anilines is 1. The van der Waals surface area contributed by atoms with E-state index in [1.807, 2.05) is 42.5 Å². The van der Waals surface area contributed by atoms with Crippen molar-refractivity contribution in [2.75, 3.05) is 5.32 Å². The van der Waals surface area contributed by atoms with Crippen LogP contribution in [-0.4, -0.2) is 10.9 Å². The molecule has 5 heteroatoms. The van der Waals surface area contributed by atoms with Gasteiger partial charge in [0, 0.05) is 17.5 Å². The van der Waals surface area contributed by atoms with E-state index in [2.05, 4.69) is 21.5 Å². The van der Waals surface area contributed by atoms with Crippen molar-refractivity contribution < 1.29 is 4.79 Å². The third-order valence-electron chi connectivity index (χ3n) is 4.43. The van der Waals surface area contributed by atoms with Crippen LogP contribution in [-0.2, 0) is 11.3 Å². The summed E-state index contributed by atoms with van der Waals surface area (Å²) in [6.45, 7) is 0.174. The Bertz CT molecular complexity index is 964. The van der Waals surface area contributed by atoms with Gasteiger partial charge < -0.3 is 5.32 Å². The van der Waals surface area contributed by atoms with Gasteiger partial charge in [0.1, 0.15) is 12.4 Å². The molecule has 1 amide bonds. The van der Waals surface area contributed by atoms with Gasteiger partial charge in [-0.05, 0) is 53.1 Å². The van der Waals surface area contributed by atoms with Crippen LogP contribution in [0.4, 0.5) is 5.82 Å². The summed E-state index contributed by atoms with van der Waals surface area (Å²) in [6, 6.07) is 15.8. The molecule has 4 rings (SSSR count). The molecule has 1 fully saturated rings. The number of nitroso groups, excluding NO2 is 1. The van der Waals surface area contributed by atoms with Crippen molar-refractivity contribution >= 4 is 22.5 Å². The van der Waals surface area contributed by atoms with E-state index in [0.717, 1.165) is 40.3 Å². The van der Waals surface area contributed by atoms with Gasteiger partial charge >= 0.3 is 0 Å². The summed E-state index contributed by atoms with van der Waals surface area (Å²) in [5.74, 6) is 0.813. The molecule has 2 aromatic carbocycles. The summed E-state index contributed by atoms with van der Waals surface area (Å²) < 4.78 is 0. The van der Waals surface area contributed by atoms with Crippen molar-refractivity contribution in [2.24, 2.45) is 11.1 Å². The third kappa shape index (κ3) is 3.40. The van der Waals surface area contributed by atoms with Gasteiger partial charge in [-0.15, -0.1) is 0 Å².